The zero-order valence-corrected chi connectivity index (χ0v) is 14.2. The van der Waals surface area contributed by atoms with Gasteiger partial charge in [0, 0.05) is 18.0 Å². The number of sulfonamides is 1. The Balaban J connectivity index is 1.97. The van der Waals surface area contributed by atoms with Crippen molar-refractivity contribution in [1.29, 1.82) is 0 Å². The molecule has 0 fully saturated rings. The molecule has 0 bridgehead atoms. The monoisotopic (exact) mass is 339 g/mol. The number of benzene rings is 1. The van der Waals surface area contributed by atoms with Gasteiger partial charge in [-0.05, 0) is 54.8 Å². The number of rotatable bonds is 8. The second kappa shape index (κ2) is 7.87. The molecule has 0 unspecified atom stereocenters. The number of hydrogen-bond donors (Lipinski definition) is 2. The number of aliphatic hydroxyl groups excluding tert-OH is 1. The molecule has 4 nitrogen and oxygen atoms in total. The molecule has 2 aromatic rings. The fraction of sp³-hybridized carbons (Fsp3) is 0.375. The van der Waals surface area contributed by atoms with Crippen molar-refractivity contribution >= 4 is 21.4 Å². The lowest BCUT2D eigenvalue weighted by Crippen LogP contribution is -2.26. The highest BCUT2D eigenvalue weighted by Gasteiger charge is 2.16. The standard InChI is InChI=1S/C16H21NO3S2/c1-13-4-2-5-15(12-13)22(19,20)17-9-7-14(8-10-18)16-6-3-11-21-16/h2-6,11-12,14,17-18H,7-10H2,1H3/t14-/m1/s1. The number of aryl methyl sites for hydroxylation is 1. The molecule has 0 aliphatic rings. The summed E-state index contributed by atoms with van der Waals surface area (Å²) in [6.07, 6.45) is 1.32. The first-order valence-corrected chi connectivity index (χ1v) is 9.60. The quantitative estimate of drug-likeness (QED) is 0.777. The van der Waals surface area contributed by atoms with E-state index in [4.69, 9.17) is 5.11 Å². The van der Waals surface area contributed by atoms with Crippen LogP contribution in [0.3, 0.4) is 0 Å². The van der Waals surface area contributed by atoms with Crippen LogP contribution in [-0.2, 0) is 10.0 Å². The minimum atomic E-state index is -3.47. The number of thiophene rings is 1. The van der Waals surface area contributed by atoms with Crippen LogP contribution in [0.2, 0.25) is 0 Å². The van der Waals surface area contributed by atoms with E-state index >= 15 is 0 Å². The van der Waals surface area contributed by atoms with E-state index in [9.17, 15) is 8.42 Å². The molecule has 1 heterocycles. The van der Waals surface area contributed by atoms with Crippen LogP contribution in [-0.4, -0.2) is 26.7 Å². The second-order valence-corrected chi connectivity index (χ2v) is 7.97. The first-order chi connectivity index (χ1) is 10.5. The van der Waals surface area contributed by atoms with Gasteiger partial charge < -0.3 is 5.11 Å². The molecule has 0 amide bonds. The van der Waals surface area contributed by atoms with Crippen molar-refractivity contribution in [2.45, 2.75) is 30.6 Å². The lowest BCUT2D eigenvalue weighted by atomic mass is 10.0. The normalized spacial score (nSPS) is 13.2. The van der Waals surface area contributed by atoms with Crippen LogP contribution in [0, 0.1) is 6.92 Å². The van der Waals surface area contributed by atoms with Crippen LogP contribution in [0.4, 0.5) is 0 Å². The van der Waals surface area contributed by atoms with Crippen molar-refractivity contribution in [2.75, 3.05) is 13.2 Å². The highest BCUT2D eigenvalue weighted by molar-refractivity contribution is 7.89. The van der Waals surface area contributed by atoms with Crippen molar-refractivity contribution in [3.8, 4) is 0 Å². The average Bonchev–Trinajstić information content (AvgIpc) is 3.00. The lowest BCUT2D eigenvalue weighted by molar-refractivity contribution is 0.273. The summed E-state index contributed by atoms with van der Waals surface area (Å²) in [6.45, 7) is 2.33. The largest absolute Gasteiger partial charge is 0.396 e. The predicted octanol–water partition coefficient (Wildman–Crippen LogP) is 2.89. The number of hydrogen-bond acceptors (Lipinski definition) is 4. The smallest absolute Gasteiger partial charge is 0.240 e. The third kappa shape index (κ3) is 4.64. The van der Waals surface area contributed by atoms with E-state index in [1.807, 2.05) is 30.5 Å². The molecule has 0 saturated heterocycles. The molecule has 0 radical (unpaired) electrons. The van der Waals surface area contributed by atoms with E-state index in [1.165, 1.54) is 4.88 Å². The van der Waals surface area contributed by atoms with Crippen molar-refractivity contribution in [2.24, 2.45) is 0 Å². The third-order valence-electron chi connectivity index (χ3n) is 3.51. The van der Waals surface area contributed by atoms with Gasteiger partial charge in [-0.2, -0.15) is 0 Å². The highest BCUT2D eigenvalue weighted by Crippen LogP contribution is 2.27. The fourth-order valence-corrected chi connectivity index (χ4v) is 4.39. The van der Waals surface area contributed by atoms with Crippen LogP contribution in [0.5, 0.6) is 0 Å². The molecule has 120 valence electrons. The summed E-state index contributed by atoms with van der Waals surface area (Å²) in [5.41, 5.74) is 0.916. The van der Waals surface area contributed by atoms with Gasteiger partial charge in [0.15, 0.2) is 0 Å². The molecule has 1 atom stereocenters. The van der Waals surface area contributed by atoms with Crippen molar-refractivity contribution in [3.63, 3.8) is 0 Å². The van der Waals surface area contributed by atoms with Gasteiger partial charge in [0.1, 0.15) is 0 Å². The fourth-order valence-electron chi connectivity index (χ4n) is 2.34. The molecule has 22 heavy (non-hydrogen) atoms. The van der Waals surface area contributed by atoms with Gasteiger partial charge in [0.2, 0.25) is 10.0 Å². The summed E-state index contributed by atoms with van der Waals surface area (Å²) in [5.74, 6) is 0.185. The van der Waals surface area contributed by atoms with Gasteiger partial charge in [-0.1, -0.05) is 18.2 Å². The van der Waals surface area contributed by atoms with Crippen molar-refractivity contribution in [3.05, 3.63) is 52.2 Å². The third-order valence-corrected chi connectivity index (χ3v) is 6.00. The topological polar surface area (TPSA) is 66.4 Å². The van der Waals surface area contributed by atoms with Crippen molar-refractivity contribution < 1.29 is 13.5 Å². The van der Waals surface area contributed by atoms with Gasteiger partial charge >= 0.3 is 0 Å². The summed E-state index contributed by atoms with van der Waals surface area (Å²) in [6, 6.07) is 10.9. The van der Waals surface area contributed by atoms with Crippen LogP contribution in [0.1, 0.15) is 29.2 Å². The van der Waals surface area contributed by atoms with Crippen LogP contribution >= 0.6 is 11.3 Å². The van der Waals surface area contributed by atoms with Gasteiger partial charge in [-0.15, -0.1) is 11.3 Å². The molecule has 1 aromatic carbocycles. The highest BCUT2D eigenvalue weighted by atomic mass is 32.2. The first-order valence-electron chi connectivity index (χ1n) is 7.23. The predicted molar refractivity (Wildman–Crippen MR) is 89.7 cm³/mol. The molecule has 1 aromatic heterocycles. The van der Waals surface area contributed by atoms with E-state index in [0.717, 1.165) is 5.56 Å². The van der Waals surface area contributed by atoms with Gasteiger partial charge in [0.25, 0.3) is 0 Å². The van der Waals surface area contributed by atoms with Gasteiger partial charge in [0.05, 0.1) is 4.90 Å². The Kier molecular flexibility index (Phi) is 6.14. The Bertz CT molecular complexity index is 681. The minimum absolute atomic E-state index is 0.104. The summed E-state index contributed by atoms with van der Waals surface area (Å²) in [5, 5.41) is 11.2. The summed E-state index contributed by atoms with van der Waals surface area (Å²) in [7, 11) is -3.47. The van der Waals surface area contributed by atoms with Crippen LogP contribution in [0.25, 0.3) is 0 Å². The van der Waals surface area contributed by atoms with E-state index in [0.29, 0.717) is 24.3 Å². The molecule has 0 aliphatic heterocycles. The summed E-state index contributed by atoms with van der Waals surface area (Å²) in [4.78, 5) is 1.48. The molecule has 2 rings (SSSR count). The van der Waals surface area contributed by atoms with E-state index in [-0.39, 0.29) is 12.5 Å². The van der Waals surface area contributed by atoms with Crippen LogP contribution < -0.4 is 4.72 Å². The van der Waals surface area contributed by atoms with E-state index < -0.39 is 10.0 Å². The zero-order valence-electron chi connectivity index (χ0n) is 12.5. The van der Waals surface area contributed by atoms with Crippen molar-refractivity contribution in [1.82, 2.24) is 4.72 Å². The molecule has 0 aliphatic carbocycles. The maximum Gasteiger partial charge on any atom is 0.240 e. The molecular formula is C16H21NO3S2. The maximum atomic E-state index is 12.3. The summed E-state index contributed by atoms with van der Waals surface area (Å²) < 4.78 is 27.2. The summed E-state index contributed by atoms with van der Waals surface area (Å²) >= 11 is 1.64. The maximum absolute atomic E-state index is 12.3. The Labute approximate surface area is 135 Å². The number of nitrogens with one attached hydrogen (secondary N) is 1. The lowest BCUT2D eigenvalue weighted by Gasteiger charge is -2.15. The van der Waals surface area contributed by atoms with Crippen LogP contribution in [0.15, 0.2) is 46.7 Å². The Morgan fingerprint density at radius 2 is 2.05 bits per heavy atom. The Morgan fingerprint density at radius 1 is 1.23 bits per heavy atom. The SMILES string of the molecule is Cc1cccc(S(=O)(=O)NCC[C@H](CCO)c2cccs2)c1. The zero-order chi connectivity index (χ0) is 16.0. The molecule has 0 spiro atoms. The number of aliphatic hydroxyl groups is 1. The van der Waals surface area contributed by atoms with E-state index in [1.54, 1.807) is 29.5 Å². The minimum Gasteiger partial charge on any atom is -0.396 e. The Hall–Kier alpha value is -1.21. The molecular weight excluding hydrogens is 318 g/mol. The Morgan fingerprint density at radius 3 is 2.68 bits per heavy atom. The molecule has 2 N–H and O–H groups in total. The van der Waals surface area contributed by atoms with Gasteiger partial charge in [-0.25, -0.2) is 13.1 Å². The molecule has 6 heteroatoms. The second-order valence-electron chi connectivity index (χ2n) is 5.23. The van der Waals surface area contributed by atoms with E-state index in [2.05, 4.69) is 4.72 Å². The van der Waals surface area contributed by atoms with Gasteiger partial charge in [-0.3, -0.25) is 0 Å². The average molecular weight is 339 g/mol. The molecule has 0 saturated carbocycles. The first kappa shape index (κ1) is 17.1.